The summed E-state index contributed by atoms with van der Waals surface area (Å²) in [5.41, 5.74) is 1.46. The molecule has 2 rings (SSSR count). The molecule has 17 heavy (non-hydrogen) atoms. The Morgan fingerprint density at radius 2 is 2.35 bits per heavy atom. The lowest BCUT2D eigenvalue weighted by atomic mass is 10.1. The molecule has 0 aromatic carbocycles. The second-order valence-electron chi connectivity index (χ2n) is 4.85. The molecule has 2 heteroatoms. The molecule has 1 atom stereocenters. The van der Waals surface area contributed by atoms with Gasteiger partial charge in [-0.1, -0.05) is 13.0 Å². The second-order valence-corrected chi connectivity index (χ2v) is 4.85. The number of hydrogen-bond donors (Lipinski definition) is 0. The van der Waals surface area contributed by atoms with Crippen molar-refractivity contribution in [3.8, 4) is 0 Å². The van der Waals surface area contributed by atoms with Gasteiger partial charge in [0.05, 0.1) is 0 Å². The number of likely N-dealkylation sites (tertiary alicyclic amines) is 1. The van der Waals surface area contributed by atoms with E-state index in [1.54, 1.807) is 0 Å². The van der Waals surface area contributed by atoms with E-state index >= 15 is 0 Å². The molecule has 1 saturated heterocycles. The van der Waals surface area contributed by atoms with Gasteiger partial charge in [-0.05, 0) is 45.0 Å². The molecule has 2 heterocycles. The van der Waals surface area contributed by atoms with Crippen LogP contribution in [0, 0.1) is 0 Å². The number of nitrogens with zero attached hydrogens (tertiary/aromatic N) is 2. The van der Waals surface area contributed by atoms with Gasteiger partial charge in [0.2, 0.25) is 0 Å². The smallest absolute Gasteiger partial charge is 0.173 e. The lowest BCUT2D eigenvalue weighted by Crippen LogP contribution is -2.33. The normalized spacial score (nSPS) is 21.4. The van der Waals surface area contributed by atoms with E-state index in [4.69, 9.17) is 0 Å². The van der Waals surface area contributed by atoms with E-state index < -0.39 is 0 Å². The first-order valence-electron chi connectivity index (χ1n) is 6.65. The summed E-state index contributed by atoms with van der Waals surface area (Å²) in [4.78, 5) is 2.46. The number of hydrogen-bond acceptors (Lipinski definition) is 1. The molecule has 1 aliphatic rings. The molecule has 0 aliphatic carbocycles. The van der Waals surface area contributed by atoms with Crippen molar-refractivity contribution in [3.63, 3.8) is 0 Å². The van der Waals surface area contributed by atoms with Gasteiger partial charge in [-0.25, -0.2) is 4.57 Å². The van der Waals surface area contributed by atoms with Crippen molar-refractivity contribution in [2.24, 2.45) is 0 Å². The fourth-order valence-corrected chi connectivity index (χ4v) is 2.55. The van der Waals surface area contributed by atoms with Gasteiger partial charge in [-0.2, -0.15) is 0 Å². The summed E-state index contributed by atoms with van der Waals surface area (Å²) < 4.78 is 2.27. The first-order chi connectivity index (χ1) is 8.31. The van der Waals surface area contributed by atoms with Crippen LogP contribution in [0.5, 0.6) is 0 Å². The number of allylic oxidation sites excluding steroid dienone is 2. The molecule has 1 aliphatic heterocycles. The molecule has 0 bridgehead atoms. The van der Waals surface area contributed by atoms with Crippen LogP contribution in [0.25, 0.3) is 0 Å². The molecule has 1 fully saturated rings. The standard InChI is InChI=1S/C15H23N2/c1-3-4-5-11-17-12-6-8-14(13-17)15-9-7-10-16(15)2/h4-6,8,12-13,15H,3,7,9-11H2,1-2H3/q+1. The SMILES string of the molecule is CCC=CC[n+]1cccc(C2CCCN2C)c1. The lowest BCUT2D eigenvalue weighted by Gasteiger charge is -2.18. The Labute approximate surface area is 105 Å². The topological polar surface area (TPSA) is 7.12 Å². The van der Waals surface area contributed by atoms with Gasteiger partial charge in [-0.3, -0.25) is 4.90 Å². The van der Waals surface area contributed by atoms with Crippen molar-refractivity contribution >= 4 is 0 Å². The van der Waals surface area contributed by atoms with Gasteiger partial charge in [-0.15, -0.1) is 0 Å². The van der Waals surface area contributed by atoms with Crippen LogP contribution in [-0.4, -0.2) is 18.5 Å². The predicted octanol–water partition coefficient (Wildman–Crippen LogP) is 2.71. The highest BCUT2D eigenvalue weighted by molar-refractivity contribution is 5.12. The van der Waals surface area contributed by atoms with Gasteiger partial charge in [0.15, 0.2) is 18.9 Å². The third-order valence-corrected chi connectivity index (χ3v) is 3.50. The maximum Gasteiger partial charge on any atom is 0.173 e. The predicted molar refractivity (Wildman–Crippen MR) is 70.7 cm³/mol. The van der Waals surface area contributed by atoms with Crippen LogP contribution in [0.3, 0.4) is 0 Å². The highest BCUT2D eigenvalue weighted by atomic mass is 15.1. The van der Waals surface area contributed by atoms with Crippen LogP contribution >= 0.6 is 0 Å². The summed E-state index contributed by atoms with van der Waals surface area (Å²) in [6, 6.07) is 5.05. The molecule has 0 saturated carbocycles. The van der Waals surface area contributed by atoms with Gasteiger partial charge in [0.1, 0.15) is 0 Å². The summed E-state index contributed by atoms with van der Waals surface area (Å²) in [6.45, 7) is 4.39. The van der Waals surface area contributed by atoms with Crippen molar-refractivity contribution in [2.45, 2.75) is 38.8 Å². The minimum absolute atomic E-state index is 0.623. The minimum Gasteiger partial charge on any atom is -0.299 e. The van der Waals surface area contributed by atoms with Crippen molar-refractivity contribution in [1.29, 1.82) is 0 Å². The molecule has 0 radical (unpaired) electrons. The third-order valence-electron chi connectivity index (χ3n) is 3.50. The van der Waals surface area contributed by atoms with E-state index in [0.717, 1.165) is 13.0 Å². The van der Waals surface area contributed by atoms with Gasteiger partial charge < -0.3 is 0 Å². The Morgan fingerprint density at radius 1 is 1.47 bits per heavy atom. The molecule has 0 N–H and O–H groups in total. The molecule has 2 nitrogen and oxygen atoms in total. The van der Waals surface area contributed by atoms with Crippen LogP contribution in [-0.2, 0) is 6.54 Å². The summed E-state index contributed by atoms with van der Waals surface area (Å²) in [6.07, 6.45) is 12.6. The zero-order chi connectivity index (χ0) is 12.1. The number of rotatable bonds is 4. The van der Waals surface area contributed by atoms with E-state index in [2.05, 4.69) is 60.1 Å². The molecular weight excluding hydrogens is 208 g/mol. The number of aromatic nitrogens is 1. The van der Waals surface area contributed by atoms with Crippen LogP contribution < -0.4 is 4.57 Å². The van der Waals surface area contributed by atoms with E-state index in [9.17, 15) is 0 Å². The second kappa shape index (κ2) is 5.97. The fourth-order valence-electron chi connectivity index (χ4n) is 2.55. The summed E-state index contributed by atoms with van der Waals surface area (Å²) in [5, 5.41) is 0. The van der Waals surface area contributed by atoms with Crippen LogP contribution in [0.15, 0.2) is 36.7 Å². The summed E-state index contributed by atoms with van der Waals surface area (Å²) >= 11 is 0. The Balaban J connectivity index is 2.08. The Bertz CT molecular complexity index is 384. The van der Waals surface area contributed by atoms with Gasteiger partial charge >= 0.3 is 0 Å². The van der Waals surface area contributed by atoms with Crippen molar-refractivity contribution in [1.82, 2.24) is 4.90 Å². The lowest BCUT2D eigenvalue weighted by molar-refractivity contribution is -0.687. The van der Waals surface area contributed by atoms with Gasteiger partial charge in [0.25, 0.3) is 0 Å². The molecule has 1 aromatic heterocycles. The highest BCUT2D eigenvalue weighted by Gasteiger charge is 2.24. The monoisotopic (exact) mass is 231 g/mol. The first-order valence-corrected chi connectivity index (χ1v) is 6.65. The van der Waals surface area contributed by atoms with Crippen LogP contribution in [0.2, 0.25) is 0 Å². The van der Waals surface area contributed by atoms with Crippen LogP contribution in [0.4, 0.5) is 0 Å². The van der Waals surface area contributed by atoms with Crippen LogP contribution in [0.1, 0.15) is 37.8 Å². The van der Waals surface area contributed by atoms with Gasteiger partial charge in [0, 0.05) is 17.7 Å². The Kier molecular flexibility index (Phi) is 4.32. The fraction of sp³-hybridized carbons (Fsp3) is 0.533. The third kappa shape index (κ3) is 3.16. The van der Waals surface area contributed by atoms with Crippen molar-refractivity contribution in [2.75, 3.05) is 13.6 Å². The molecule has 92 valence electrons. The summed E-state index contributed by atoms with van der Waals surface area (Å²) in [5.74, 6) is 0. The zero-order valence-corrected chi connectivity index (χ0v) is 11.0. The molecule has 1 aromatic rings. The maximum atomic E-state index is 2.46. The molecule has 1 unspecified atom stereocenters. The molecular formula is C15H23N2+. The quantitative estimate of drug-likeness (QED) is 0.571. The average molecular weight is 231 g/mol. The number of pyridine rings is 1. The largest absolute Gasteiger partial charge is 0.299 e. The minimum atomic E-state index is 0.623. The van der Waals surface area contributed by atoms with E-state index in [0.29, 0.717) is 6.04 Å². The van der Waals surface area contributed by atoms with E-state index in [1.807, 2.05) is 0 Å². The maximum absolute atomic E-state index is 2.46. The first kappa shape index (κ1) is 12.3. The Morgan fingerprint density at radius 3 is 3.06 bits per heavy atom. The van der Waals surface area contributed by atoms with Crippen molar-refractivity contribution in [3.05, 3.63) is 42.2 Å². The summed E-state index contributed by atoms with van der Waals surface area (Å²) in [7, 11) is 2.23. The molecule has 0 spiro atoms. The average Bonchev–Trinajstić information content (AvgIpc) is 2.76. The Hall–Kier alpha value is -1.15. The van der Waals surface area contributed by atoms with Crippen molar-refractivity contribution < 1.29 is 4.57 Å². The highest BCUT2D eigenvalue weighted by Crippen LogP contribution is 2.29. The van der Waals surface area contributed by atoms with E-state index in [-0.39, 0.29) is 0 Å². The zero-order valence-electron chi connectivity index (χ0n) is 11.0. The molecule has 0 amide bonds. The van der Waals surface area contributed by atoms with E-state index in [1.165, 1.54) is 24.9 Å².